The van der Waals surface area contributed by atoms with Gasteiger partial charge >= 0.3 is 6.01 Å². The van der Waals surface area contributed by atoms with Crippen molar-refractivity contribution in [3.05, 3.63) is 6.33 Å². The van der Waals surface area contributed by atoms with Gasteiger partial charge in [-0.3, -0.25) is 4.57 Å². The highest BCUT2D eigenvalue weighted by Gasteiger charge is 2.42. The van der Waals surface area contributed by atoms with E-state index in [2.05, 4.69) is 15.0 Å². The Balaban J connectivity index is 1.61. The quantitative estimate of drug-likeness (QED) is 0.714. The highest BCUT2D eigenvalue weighted by Crippen LogP contribution is 2.35. The molecular formula is C16H21F2N5O4. The van der Waals surface area contributed by atoms with Crippen LogP contribution in [-0.4, -0.2) is 60.1 Å². The van der Waals surface area contributed by atoms with E-state index in [0.717, 1.165) is 0 Å². The van der Waals surface area contributed by atoms with Crippen molar-refractivity contribution < 1.29 is 28.5 Å². The summed E-state index contributed by atoms with van der Waals surface area (Å²) in [4.78, 5) is 12.5. The topological polar surface area (TPSA) is 129 Å². The first-order valence-corrected chi connectivity index (χ1v) is 8.81. The van der Waals surface area contributed by atoms with E-state index in [0.29, 0.717) is 5.52 Å². The summed E-state index contributed by atoms with van der Waals surface area (Å²) in [6.07, 6.45) is -2.81. The van der Waals surface area contributed by atoms with Gasteiger partial charge in [0.2, 0.25) is 5.92 Å². The van der Waals surface area contributed by atoms with Crippen LogP contribution in [-0.2, 0) is 4.74 Å². The Morgan fingerprint density at radius 3 is 2.59 bits per heavy atom. The first-order valence-electron chi connectivity index (χ1n) is 8.81. The minimum Gasteiger partial charge on any atom is -0.460 e. The van der Waals surface area contributed by atoms with Crippen LogP contribution in [0.4, 0.5) is 14.6 Å². The van der Waals surface area contributed by atoms with E-state index in [-0.39, 0.29) is 43.2 Å². The second-order valence-electron chi connectivity index (χ2n) is 7.10. The van der Waals surface area contributed by atoms with E-state index in [4.69, 9.17) is 15.2 Å². The van der Waals surface area contributed by atoms with Crippen molar-refractivity contribution in [1.29, 1.82) is 0 Å². The summed E-state index contributed by atoms with van der Waals surface area (Å²) in [7, 11) is 0. The number of aromatic nitrogens is 4. The zero-order valence-corrected chi connectivity index (χ0v) is 14.6. The summed E-state index contributed by atoms with van der Waals surface area (Å²) < 4.78 is 39.3. The van der Waals surface area contributed by atoms with Crippen molar-refractivity contribution in [3.63, 3.8) is 0 Å². The molecular weight excluding hydrogens is 364 g/mol. The van der Waals surface area contributed by atoms with Crippen molar-refractivity contribution in [1.82, 2.24) is 19.5 Å². The van der Waals surface area contributed by atoms with Crippen molar-refractivity contribution >= 4 is 17.0 Å². The molecule has 1 saturated carbocycles. The largest absolute Gasteiger partial charge is 0.460 e. The molecule has 148 valence electrons. The molecule has 0 radical (unpaired) electrons. The molecule has 2 fully saturated rings. The van der Waals surface area contributed by atoms with E-state index in [9.17, 15) is 19.0 Å². The Bertz CT molecular complexity index is 838. The number of hydrogen-bond donors (Lipinski definition) is 3. The third kappa shape index (κ3) is 3.30. The standard InChI is InChI=1S/C16H21F2N5O4/c1-7-10(24)11(25)14(26-7)23-6-20-9-12(19)21-15(22-13(9)23)27-8-2-4-16(17,18)5-3-8/h6-8,10-11,14,24-25H,2-5H2,1H3,(H2,19,21,22)/t7-,10-,11-,14-/m1/s1. The molecule has 9 nitrogen and oxygen atoms in total. The molecule has 0 amide bonds. The van der Waals surface area contributed by atoms with Crippen LogP contribution in [0.25, 0.3) is 11.2 Å². The van der Waals surface area contributed by atoms with Crippen LogP contribution in [0.15, 0.2) is 6.33 Å². The van der Waals surface area contributed by atoms with E-state index in [1.807, 2.05) is 0 Å². The highest BCUT2D eigenvalue weighted by atomic mass is 19.3. The van der Waals surface area contributed by atoms with E-state index < -0.39 is 36.6 Å². The molecule has 4 rings (SSSR count). The molecule has 2 aromatic heterocycles. The van der Waals surface area contributed by atoms with E-state index in [1.54, 1.807) is 6.92 Å². The minimum absolute atomic E-state index is 0.0435. The summed E-state index contributed by atoms with van der Waals surface area (Å²) in [5, 5.41) is 20.1. The van der Waals surface area contributed by atoms with Gasteiger partial charge in [0.1, 0.15) is 18.3 Å². The number of imidazole rings is 1. The second-order valence-corrected chi connectivity index (χ2v) is 7.10. The monoisotopic (exact) mass is 385 g/mol. The number of halogens is 2. The fraction of sp³-hybridized carbons (Fsp3) is 0.688. The van der Waals surface area contributed by atoms with E-state index >= 15 is 0 Å². The molecule has 2 aliphatic rings. The molecule has 27 heavy (non-hydrogen) atoms. The number of aliphatic hydroxyl groups is 2. The summed E-state index contributed by atoms with van der Waals surface area (Å²) in [5.41, 5.74) is 6.49. The minimum atomic E-state index is -2.66. The van der Waals surface area contributed by atoms with Crippen molar-refractivity contribution in [2.45, 2.75) is 69.2 Å². The van der Waals surface area contributed by atoms with Crippen LogP contribution in [0.1, 0.15) is 38.8 Å². The summed E-state index contributed by atoms with van der Waals surface area (Å²) in [6, 6.07) is -0.0435. The van der Waals surface area contributed by atoms with Gasteiger partial charge in [0.15, 0.2) is 23.2 Å². The zero-order chi connectivity index (χ0) is 19.3. The van der Waals surface area contributed by atoms with Gasteiger partial charge in [-0.2, -0.15) is 9.97 Å². The maximum Gasteiger partial charge on any atom is 0.320 e. The smallest absolute Gasteiger partial charge is 0.320 e. The van der Waals surface area contributed by atoms with Crippen molar-refractivity contribution in [2.24, 2.45) is 0 Å². The van der Waals surface area contributed by atoms with Crippen molar-refractivity contribution in [3.8, 4) is 6.01 Å². The Kier molecular flexibility index (Phi) is 4.40. The van der Waals surface area contributed by atoms with Gasteiger partial charge in [-0.15, -0.1) is 0 Å². The van der Waals surface area contributed by atoms with Crippen LogP contribution in [0, 0.1) is 0 Å². The second kappa shape index (κ2) is 6.50. The number of rotatable bonds is 3. The molecule has 0 bridgehead atoms. The van der Waals surface area contributed by atoms with Crippen LogP contribution >= 0.6 is 0 Å². The number of nitrogens with two attached hydrogens (primary N) is 1. The molecule has 11 heteroatoms. The zero-order valence-electron chi connectivity index (χ0n) is 14.6. The van der Waals surface area contributed by atoms with E-state index in [1.165, 1.54) is 10.9 Å². The molecule has 4 atom stereocenters. The van der Waals surface area contributed by atoms with Crippen LogP contribution in [0.2, 0.25) is 0 Å². The number of anilines is 1. The molecule has 1 aliphatic heterocycles. The average Bonchev–Trinajstić information content (AvgIpc) is 3.14. The maximum absolute atomic E-state index is 13.3. The first-order chi connectivity index (χ1) is 12.7. The van der Waals surface area contributed by atoms with Gasteiger partial charge in [-0.1, -0.05) is 0 Å². The SMILES string of the molecule is C[C@H]1O[C@@H](n2cnc3c(N)nc(OC4CCC(F)(F)CC4)nc32)[C@H](O)[C@@H]1O. The summed E-state index contributed by atoms with van der Waals surface area (Å²) in [6.45, 7) is 1.64. The third-order valence-corrected chi connectivity index (χ3v) is 5.12. The molecule has 0 unspecified atom stereocenters. The number of hydrogen-bond acceptors (Lipinski definition) is 8. The predicted octanol–water partition coefficient (Wildman–Crippen LogP) is 1.00. The average molecular weight is 385 g/mol. The van der Waals surface area contributed by atoms with Gasteiger partial charge in [-0.25, -0.2) is 13.8 Å². The Labute approximate surface area is 153 Å². The summed E-state index contributed by atoms with van der Waals surface area (Å²) in [5.74, 6) is -2.59. The maximum atomic E-state index is 13.3. The Morgan fingerprint density at radius 2 is 1.96 bits per heavy atom. The highest BCUT2D eigenvalue weighted by molar-refractivity contribution is 5.82. The predicted molar refractivity (Wildman–Crippen MR) is 89.2 cm³/mol. The first kappa shape index (κ1) is 18.3. The Morgan fingerprint density at radius 1 is 1.26 bits per heavy atom. The molecule has 3 heterocycles. The lowest BCUT2D eigenvalue weighted by Crippen LogP contribution is -2.31. The molecule has 1 saturated heterocycles. The number of fused-ring (bicyclic) bond motifs is 1. The van der Waals surface area contributed by atoms with Gasteiger partial charge < -0.3 is 25.4 Å². The number of nitrogens with zero attached hydrogens (tertiary/aromatic N) is 4. The molecule has 2 aromatic rings. The lowest BCUT2D eigenvalue weighted by molar-refractivity contribution is -0.0594. The van der Waals surface area contributed by atoms with Gasteiger partial charge in [0.05, 0.1) is 12.4 Å². The van der Waals surface area contributed by atoms with Crippen LogP contribution in [0.3, 0.4) is 0 Å². The van der Waals surface area contributed by atoms with Crippen LogP contribution < -0.4 is 10.5 Å². The summed E-state index contributed by atoms with van der Waals surface area (Å²) >= 11 is 0. The normalized spacial score (nSPS) is 31.4. The van der Waals surface area contributed by atoms with Gasteiger partial charge in [0, 0.05) is 12.8 Å². The molecule has 1 aliphatic carbocycles. The number of nitrogen functional groups attached to an aromatic ring is 1. The molecule has 4 N–H and O–H groups in total. The fourth-order valence-electron chi connectivity index (χ4n) is 3.49. The number of aliphatic hydroxyl groups excluding tert-OH is 2. The number of ether oxygens (including phenoxy) is 2. The van der Waals surface area contributed by atoms with Gasteiger partial charge in [-0.05, 0) is 19.8 Å². The lowest BCUT2D eigenvalue weighted by Gasteiger charge is -2.27. The fourth-order valence-corrected chi connectivity index (χ4v) is 3.49. The number of alkyl halides is 2. The Hall–Kier alpha value is -2.11. The third-order valence-electron chi connectivity index (χ3n) is 5.12. The van der Waals surface area contributed by atoms with Gasteiger partial charge in [0.25, 0.3) is 0 Å². The van der Waals surface area contributed by atoms with Crippen LogP contribution in [0.5, 0.6) is 6.01 Å². The lowest BCUT2D eigenvalue weighted by atomic mass is 9.94. The van der Waals surface area contributed by atoms with Crippen molar-refractivity contribution in [2.75, 3.05) is 5.73 Å². The molecule has 0 spiro atoms. The molecule has 0 aromatic carbocycles.